The molecular formula is C27H30N2O. The van der Waals surface area contributed by atoms with E-state index in [4.69, 9.17) is 4.98 Å². The van der Waals surface area contributed by atoms with E-state index in [0.29, 0.717) is 23.6 Å². The lowest BCUT2D eigenvalue weighted by atomic mass is 9.52. The topological polar surface area (TPSA) is 36.4 Å². The number of hydrogen-bond acceptors (Lipinski definition) is 3. The molecule has 2 heterocycles. The Morgan fingerprint density at radius 1 is 1.10 bits per heavy atom. The zero-order valence-electron chi connectivity index (χ0n) is 17.9. The van der Waals surface area contributed by atoms with Gasteiger partial charge in [0.25, 0.3) is 0 Å². The summed E-state index contributed by atoms with van der Waals surface area (Å²) >= 11 is 0. The maximum absolute atomic E-state index is 11.0. The minimum atomic E-state index is 0.0134. The number of fused-ring (bicyclic) bond motifs is 3. The lowest BCUT2D eigenvalue weighted by Gasteiger charge is -2.59. The Morgan fingerprint density at radius 2 is 1.97 bits per heavy atom. The summed E-state index contributed by atoms with van der Waals surface area (Å²) in [5.74, 6) is 1.71. The number of aromatic nitrogens is 1. The molecule has 1 saturated heterocycles. The normalized spacial score (nSPS) is 27.6. The second kappa shape index (κ2) is 6.55. The lowest BCUT2D eigenvalue weighted by Crippen LogP contribution is -2.63. The van der Waals surface area contributed by atoms with Crippen LogP contribution in [0.1, 0.15) is 42.7 Å². The van der Waals surface area contributed by atoms with Gasteiger partial charge in [-0.05, 0) is 67.0 Å². The van der Waals surface area contributed by atoms with Crippen LogP contribution < -0.4 is 0 Å². The van der Waals surface area contributed by atoms with Crippen molar-refractivity contribution in [3.63, 3.8) is 0 Å². The first-order valence-corrected chi connectivity index (χ1v) is 11.5. The highest BCUT2D eigenvalue weighted by Crippen LogP contribution is 2.56. The van der Waals surface area contributed by atoms with Crippen molar-refractivity contribution >= 4 is 10.9 Å². The summed E-state index contributed by atoms with van der Waals surface area (Å²) in [7, 11) is 0. The summed E-state index contributed by atoms with van der Waals surface area (Å²) in [5, 5.41) is 12.2. The van der Waals surface area contributed by atoms with E-state index in [0.717, 1.165) is 44.3 Å². The van der Waals surface area contributed by atoms with E-state index in [1.807, 2.05) is 12.1 Å². The molecule has 1 N–H and O–H groups in total. The van der Waals surface area contributed by atoms with Gasteiger partial charge >= 0.3 is 0 Å². The van der Waals surface area contributed by atoms with Crippen LogP contribution in [-0.4, -0.2) is 34.1 Å². The molecule has 154 valence electrons. The van der Waals surface area contributed by atoms with Crippen LogP contribution in [0.15, 0.2) is 48.5 Å². The Bertz CT molecular complexity index is 1140. The van der Waals surface area contributed by atoms with Gasteiger partial charge in [-0.3, -0.25) is 9.88 Å². The molecule has 30 heavy (non-hydrogen) atoms. The van der Waals surface area contributed by atoms with Gasteiger partial charge in [-0.25, -0.2) is 0 Å². The van der Waals surface area contributed by atoms with Crippen LogP contribution in [0.2, 0.25) is 0 Å². The van der Waals surface area contributed by atoms with Crippen molar-refractivity contribution in [3.8, 4) is 5.75 Å². The maximum atomic E-state index is 11.0. The summed E-state index contributed by atoms with van der Waals surface area (Å²) in [6, 6.07) is 17.6. The first-order valence-electron chi connectivity index (χ1n) is 11.5. The number of rotatable bonds is 2. The van der Waals surface area contributed by atoms with E-state index in [9.17, 15) is 5.11 Å². The molecule has 0 unspecified atom stereocenters. The summed E-state index contributed by atoms with van der Waals surface area (Å²) in [4.78, 5) is 7.87. The first-order chi connectivity index (χ1) is 14.5. The number of pyridine rings is 1. The smallest absolute Gasteiger partial charge is 0.119 e. The van der Waals surface area contributed by atoms with Crippen molar-refractivity contribution < 1.29 is 5.11 Å². The third-order valence-electron chi connectivity index (χ3n) is 7.96. The molecular weight excluding hydrogens is 368 g/mol. The van der Waals surface area contributed by atoms with Gasteiger partial charge in [0.15, 0.2) is 0 Å². The average molecular weight is 399 g/mol. The second-order valence-electron chi connectivity index (χ2n) is 10.2. The monoisotopic (exact) mass is 398 g/mol. The predicted octanol–water partition coefficient (Wildman–Crippen LogP) is 4.88. The molecule has 3 heteroatoms. The molecule has 2 aliphatic carbocycles. The van der Waals surface area contributed by atoms with Gasteiger partial charge < -0.3 is 5.11 Å². The largest absolute Gasteiger partial charge is 0.508 e. The molecule has 3 atom stereocenters. The molecule has 2 bridgehead atoms. The van der Waals surface area contributed by atoms with Crippen LogP contribution in [-0.2, 0) is 24.7 Å². The highest BCUT2D eigenvalue weighted by Gasteiger charge is 2.56. The van der Waals surface area contributed by atoms with Gasteiger partial charge in [0, 0.05) is 41.1 Å². The number of hydrogen-bond donors (Lipinski definition) is 1. The van der Waals surface area contributed by atoms with E-state index >= 15 is 0 Å². The molecule has 0 radical (unpaired) electrons. The zero-order valence-corrected chi connectivity index (χ0v) is 17.9. The number of phenolic OH excluding ortho intramolecular Hbond substituents is 1. The Hall–Kier alpha value is -2.39. The Kier molecular flexibility index (Phi) is 4.02. The van der Waals surface area contributed by atoms with Gasteiger partial charge in [0.1, 0.15) is 5.75 Å². The number of aromatic hydroxyl groups is 1. The van der Waals surface area contributed by atoms with Gasteiger partial charge in [0.2, 0.25) is 0 Å². The Morgan fingerprint density at radius 3 is 2.83 bits per heavy atom. The Labute approximate surface area is 178 Å². The van der Waals surface area contributed by atoms with Gasteiger partial charge in [-0.1, -0.05) is 44.2 Å². The number of benzene rings is 2. The summed E-state index contributed by atoms with van der Waals surface area (Å²) in [6.07, 6.45) is 4.19. The van der Waals surface area contributed by atoms with E-state index in [-0.39, 0.29) is 5.41 Å². The molecule has 1 aromatic heterocycles. The van der Waals surface area contributed by atoms with E-state index < -0.39 is 0 Å². The third-order valence-corrected chi connectivity index (χ3v) is 7.96. The van der Waals surface area contributed by atoms with Crippen molar-refractivity contribution in [2.24, 2.45) is 11.8 Å². The van der Waals surface area contributed by atoms with Crippen LogP contribution in [0, 0.1) is 11.8 Å². The van der Waals surface area contributed by atoms with Gasteiger partial charge in [0.05, 0.1) is 5.52 Å². The van der Waals surface area contributed by atoms with Crippen molar-refractivity contribution in [2.45, 2.75) is 51.0 Å². The quantitative estimate of drug-likeness (QED) is 0.668. The van der Waals surface area contributed by atoms with Crippen LogP contribution in [0.5, 0.6) is 5.75 Å². The summed E-state index contributed by atoms with van der Waals surface area (Å²) in [6.45, 7) is 6.94. The molecule has 1 aliphatic heterocycles. The maximum Gasteiger partial charge on any atom is 0.119 e. The second-order valence-corrected chi connectivity index (χ2v) is 10.2. The summed E-state index contributed by atoms with van der Waals surface area (Å²) < 4.78 is 0. The van der Waals surface area contributed by atoms with Crippen molar-refractivity contribution in [1.29, 1.82) is 0 Å². The molecule has 1 fully saturated rings. The van der Waals surface area contributed by atoms with Crippen LogP contribution in [0.25, 0.3) is 10.9 Å². The van der Waals surface area contributed by atoms with Crippen molar-refractivity contribution in [1.82, 2.24) is 9.88 Å². The van der Waals surface area contributed by atoms with Crippen molar-refractivity contribution in [3.05, 3.63) is 70.9 Å². The van der Waals surface area contributed by atoms with Gasteiger partial charge in [-0.15, -0.1) is 0 Å². The number of likely N-dealkylation sites (tertiary alicyclic amines) is 1. The van der Waals surface area contributed by atoms with Crippen LogP contribution in [0.4, 0.5) is 0 Å². The number of piperidine rings is 1. The highest BCUT2D eigenvalue weighted by atomic mass is 16.3. The third kappa shape index (κ3) is 2.58. The fourth-order valence-electron chi connectivity index (χ4n) is 6.86. The molecule has 0 saturated carbocycles. The lowest BCUT2D eigenvalue weighted by molar-refractivity contribution is 0.000177. The summed E-state index contributed by atoms with van der Waals surface area (Å²) in [5.41, 5.74) is 6.36. The van der Waals surface area contributed by atoms with Crippen LogP contribution in [0.3, 0.4) is 0 Å². The molecule has 0 amide bonds. The molecule has 3 nitrogen and oxygen atoms in total. The number of phenols is 1. The van der Waals surface area contributed by atoms with E-state index in [1.54, 1.807) is 0 Å². The predicted molar refractivity (Wildman–Crippen MR) is 121 cm³/mol. The zero-order chi connectivity index (χ0) is 20.5. The fraction of sp³-hybridized carbons (Fsp3) is 0.444. The van der Waals surface area contributed by atoms with Crippen molar-refractivity contribution in [2.75, 3.05) is 13.1 Å². The molecule has 2 aromatic carbocycles. The first kappa shape index (κ1) is 18.4. The minimum absolute atomic E-state index is 0.0134. The fourth-order valence-corrected chi connectivity index (χ4v) is 6.86. The molecule has 6 rings (SSSR count). The SMILES string of the molecule is CC(C)CN1CC[C@]23Cc4nc5ccccc5cc4C[C@H]2[C@@H]1Cc1cccc(O)c13. The molecule has 3 aromatic rings. The Balaban J connectivity index is 1.54. The minimum Gasteiger partial charge on any atom is -0.508 e. The van der Waals surface area contributed by atoms with E-state index in [2.05, 4.69) is 55.1 Å². The molecule has 3 aliphatic rings. The average Bonchev–Trinajstić information content (AvgIpc) is 2.72. The standard InChI is InChI=1S/C27H30N2O/c1-17(2)16-29-11-10-27-15-23-20(12-18-6-3-4-8-22(18)28-23)13-21(27)24(29)14-19-7-5-9-25(30)26(19)27/h3-9,12,17,21,24,30H,10-11,13-16H2,1-2H3/t21-,24-,27-/m0/s1. The number of para-hydroxylation sites is 1. The van der Waals surface area contributed by atoms with E-state index in [1.165, 1.54) is 27.8 Å². The number of nitrogens with zero attached hydrogens (tertiary/aromatic N) is 2. The highest BCUT2D eigenvalue weighted by molar-refractivity contribution is 5.79. The van der Waals surface area contributed by atoms with Crippen LogP contribution >= 0.6 is 0 Å². The molecule has 0 spiro atoms. The van der Waals surface area contributed by atoms with Gasteiger partial charge in [-0.2, -0.15) is 0 Å².